The second-order valence-electron chi connectivity index (χ2n) is 3.74. The molecule has 0 bridgehead atoms. The van der Waals surface area contributed by atoms with Crippen LogP contribution in [0.25, 0.3) is 0 Å². The van der Waals surface area contributed by atoms with Crippen LogP contribution in [0.4, 0.5) is 0 Å². The summed E-state index contributed by atoms with van der Waals surface area (Å²) in [5.41, 5.74) is 5.18. The number of primary amides is 1. The third-order valence-electron chi connectivity index (χ3n) is 1.88. The topological polar surface area (TPSA) is 69.4 Å². The minimum atomic E-state index is -0.424. The molecule has 0 heterocycles. The fourth-order valence-corrected chi connectivity index (χ4v) is 1.29. The molecule has 0 saturated carbocycles. The minimum absolute atomic E-state index is 0.0986. The second kappa shape index (κ2) is 6.40. The lowest BCUT2D eigenvalue weighted by atomic mass is 9.94. The Balaban J connectivity index is 4.09. The fraction of sp³-hybridized carbons (Fsp3) is 0.800. The van der Waals surface area contributed by atoms with E-state index in [0.717, 1.165) is 0 Å². The molecule has 0 spiro atoms. The van der Waals surface area contributed by atoms with E-state index in [1.54, 1.807) is 6.92 Å². The van der Waals surface area contributed by atoms with Crippen LogP contribution in [0.5, 0.6) is 0 Å². The highest BCUT2D eigenvalue weighted by molar-refractivity contribution is 5.82. The van der Waals surface area contributed by atoms with Gasteiger partial charge in [0.25, 0.3) is 0 Å². The lowest BCUT2D eigenvalue weighted by molar-refractivity contribution is -0.146. The average Bonchev–Trinajstić information content (AvgIpc) is 2.02. The standard InChI is InChI=1S/C10H19NO3/c1-4-14-9(12)6-8(10(11)13)5-7(2)3/h7-8H,4-6H2,1-3H3,(H2,11,13). The number of esters is 1. The predicted octanol–water partition coefficient (Wildman–Crippen LogP) is 1.09. The molecule has 0 aromatic rings. The van der Waals surface area contributed by atoms with Crippen molar-refractivity contribution in [3.63, 3.8) is 0 Å². The summed E-state index contributed by atoms with van der Waals surface area (Å²) < 4.78 is 4.76. The number of hydrogen-bond donors (Lipinski definition) is 1. The zero-order valence-electron chi connectivity index (χ0n) is 9.08. The van der Waals surface area contributed by atoms with Crippen LogP contribution >= 0.6 is 0 Å². The van der Waals surface area contributed by atoms with Crippen LogP contribution in [0.3, 0.4) is 0 Å². The van der Waals surface area contributed by atoms with Crippen LogP contribution in [0.15, 0.2) is 0 Å². The third kappa shape index (κ3) is 5.56. The zero-order chi connectivity index (χ0) is 11.1. The van der Waals surface area contributed by atoms with Crippen molar-refractivity contribution in [1.29, 1.82) is 0 Å². The molecule has 0 radical (unpaired) electrons. The molecule has 0 rings (SSSR count). The first-order chi connectivity index (χ1) is 6.47. The molecule has 0 aromatic heterocycles. The van der Waals surface area contributed by atoms with Crippen LogP contribution in [0.2, 0.25) is 0 Å². The Kier molecular flexibility index (Phi) is 5.92. The van der Waals surface area contributed by atoms with Crippen LogP contribution in [0, 0.1) is 11.8 Å². The molecule has 0 aliphatic carbocycles. The maximum Gasteiger partial charge on any atom is 0.306 e. The van der Waals surface area contributed by atoms with E-state index in [4.69, 9.17) is 10.5 Å². The number of amides is 1. The molecule has 1 amide bonds. The average molecular weight is 201 g/mol. The van der Waals surface area contributed by atoms with Crippen LogP contribution in [-0.4, -0.2) is 18.5 Å². The van der Waals surface area contributed by atoms with Gasteiger partial charge in [-0.15, -0.1) is 0 Å². The number of hydrogen-bond acceptors (Lipinski definition) is 3. The highest BCUT2D eigenvalue weighted by atomic mass is 16.5. The van der Waals surface area contributed by atoms with Crippen molar-refractivity contribution >= 4 is 11.9 Å². The lowest BCUT2D eigenvalue weighted by Crippen LogP contribution is -2.27. The van der Waals surface area contributed by atoms with Crippen LogP contribution in [0.1, 0.15) is 33.6 Å². The van der Waals surface area contributed by atoms with Gasteiger partial charge >= 0.3 is 5.97 Å². The molecule has 0 fully saturated rings. The molecule has 14 heavy (non-hydrogen) atoms. The molecular formula is C10H19NO3. The highest BCUT2D eigenvalue weighted by Crippen LogP contribution is 2.15. The number of carbonyl (C=O) groups excluding carboxylic acids is 2. The van der Waals surface area contributed by atoms with Crippen molar-refractivity contribution < 1.29 is 14.3 Å². The summed E-state index contributed by atoms with van der Waals surface area (Å²) in [6.45, 7) is 6.05. The van der Waals surface area contributed by atoms with Crippen molar-refractivity contribution in [2.75, 3.05) is 6.61 Å². The van der Waals surface area contributed by atoms with Crippen molar-refractivity contribution in [3.8, 4) is 0 Å². The molecule has 4 heteroatoms. The summed E-state index contributed by atoms with van der Waals surface area (Å²) in [4.78, 5) is 22.1. The minimum Gasteiger partial charge on any atom is -0.466 e. The summed E-state index contributed by atoms with van der Waals surface area (Å²) in [6.07, 6.45) is 0.732. The second-order valence-corrected chi connectivity index (χ2v) is 3.74. The van der Waals surface area contributed by atoms with Gasteiger partial charge in [-0.1, -0.05) is 13.8 Å². The number of carbonyl (C=O) groups is 2. The van der Waals surface area contributed by atoms with Crippen LogP contribution < -0.4 is 5.73 Å². The fourth-order valence-electron chi connectivity index (χ4n) is 1.29. The largest absolute Gasteiger partial charge is 0.466 e. The summed E-state index contributed by atoms with van der Waals surface area (Å²) in [7, 11) is 0. The maximum atomic E-state index is 11.1. The molecule has 0 aliphatic heterocycles. The van der Waals surface area contributed by atoms with Gasteiger partial charge in [-0.25, -0.2) is 0 Å². The Hall–Kier alpha value is -1.06. The number of nitrogens with two attached hydrogens (primary N) is 1. The SMILES string of the molecule is CCOC(=O)CC(CC(C)C)C(N)=O. The maximum absolute atomic E-state index is 11.1. The molecule has 0 aliphatic rings. The molecular weight excluding hydrogens is 182 g/mol. The first-order valence-electron chi connectivity index (χ1n) is 4.92. The number of rotatable bonds is 6. The molecule has 0 saturated heterocycles. The van der Waals surface area contributed by atoms with Gasteiger partial charge in [0.2, 0.25) is 5.91 Å². The summed E-state index contributed by atoms with van der Waals surface area (Å²) in [5.74, 6) is -0.820. The first-order valence-corrected chi connectivity index (χ1v) is 4.92. The van der Waals surface area contributed by atoms with Crippen molar-refractivity contribution in [3.05, 3.63) is 0 Å². The van der Waals surface area contributed by atoms with E-state index in [-0.39, 0.29) is 12.4 Å². The van der Waals surface area contributed by atoms with Gasteiger partial charge in [-0.05, 0) is 19.3 Å². The Morgan fingerprint density at radius 2 is 1.93 bits per heavy atom. The Bertz CT molecular complexity index is 202. The molecule has 82 valence electrons. The summed E-state index contributed by atoms with van der Waals surface area (Å²) >= 11 is 0. The van der Waals surface area contributed by atoms with Gasteiger partial charge in [0, 0.05) is 5.92 Å². The number of ether oxygens (including phenoxy) is 1. The normalized spacial score (nSPS) is 12.6. The van der Waals surface area contributed by atoms with Gasteiger partial charge in [0.1, 0.15) is 0 Å². The van der Waals surface area contributed by atoms with Crippen molar-refractivity contribution in [2.24, 2.45) is 17.6 Å². The summed E-state index contributed by atoms with van der Waals surface area (Å²) in [6, 6.07) is 0. The molecule has 0 aromatic carbocycles. The van der Waals surface area contributed by atoms with Gasteiger partial charge in [-0.2, -0.15) is 0 Å². The quantitative estimate of drug-likeness (QED) is 0.654. The Morgan fingerprint density at radius 1 is 1.36 bits per heavy atom. The van der Waals surface area contributed by atoms with E-state index in [2.05, 4.69) is 0 Å². The first kappa shape index (κ1) is 12.9. The van der Waals surface area contributed by atoms with E-state index in [0.29, 0.717) is 18.9 Å². The van der Waals surface area contributed by atoms with E-state index in [9.17, 15) is 9.59 Å². The predicted molar refractivity (Wildman–Crippen MR) is 53.4 cm³/mol. The molecule has 1 unspecified atom stereocenters. The Morgan fingerprint density at radius 3 is 2.29 bits per heavy atom. The molecule has 1 atom stereocenters. The van der Waals surface area contributed by atoms with E-state index in [1.165, 1.54) is 0 Å². The summed E-state index contributed by atoms with van der Waals surface area (Å²) in [5, 5.41) is 0. The zero-order valence-corrected chi connectivity index (χ0v) is 9.08. The van der Waals surface area contributed by atoms with Crippen LogP contribution in [-0.2, 0) is 14.3 Å². The van der Waals surface area contributed by atoms with Gasteiger partial charge < -0.3 is 10.5 Å². The highest BCUT2D eigenvalue weighted by Gasteiger charge is 2.21. The molecule has 4 nitrogen and oxygen atoms in total. The third-order valence-corrected chi connectivity index (χ3v) is 1.88. The monoisotopic (exact) mass is 201 g/mol. The van der Waals surface area contributed by atoms with E-state index < -0.39 is 11.8 Å². The molecule has 2 N–H and O–H groups in total. The van der Waals surface area contributed by atoms with Crippen molar-refractivity contribution in [1.82, 2.24) is 0 Å². The van der Waals surface area contributed by atoms with Gasteiger partial charge in [0.15, 0.2) is 0 Å². The Labute approximate surface area is 84.8 Å². The van der Waals surface area contributed by atoms with Gasteiger partial charge in [0.05, 0.1) is 13.0 Å². The van der Waals surface area contributed by atoms with E-state index in [1.807, 2.05) is 13.8 Å². The van der Waals surface area contributed by atoms with E-state index >= 15 is 0 Å². The lowest BCUT2D eigenvalue weighted by Gasteiger charge is -2.14. The smallest absolute Gasteiger partial charge is 0.306 e. The van der Waals surface area contributed by atoms with Gasteiger partial charge in [-0.3, -0.25) is 9.59 Å². The van der Waals surface area contributed by atoms with Crippen molar-refractivity contribution in [2.45, 2.75) is 33.6 Å².